The molecule has 29 heavy (non-hydrogen) atoms. The molecule has 0 bridgehead atoms. The van der Waals surface area contributed by atoms with Crippen molar-refractivity contribution in [3.05, 3.63) is 62.6 Å². The molecule has 1 aliphatic rings. The maximum atomic E-state index is 13.0. The summed E-state index contributed by atoms with van der Waals surface area (Å²) in [6, 6.07) is 10.2. The minimum atomic E-state index is -3.39. The van der Waals surface area contributed by atoms with Crippen LogP contribution in [-0.2, 0) is 9.84 Å². The normalized spacial score (nSPS) is 19.1. The van der Waals surface area contributed by atoms with E-state index in [0.29, 0.717) is 17.6 Å². The van der Waals surface area contributed by atoms with Gasteiger partial charge in [0, 0.05) is 23.4 Å². The van der Waals surface area contributed by atoms with E-state index in [1.807, 2.05) is 11.4 Å². The highest BCUT2D eigenvalue weighted by molar-refractivity contribution is 7.91. The van der Waals surface area contributed by atoms with Crippen LogP contribution in [0, 0.1) is 0 Å². The number of carbonyl (C=O) groups is 1. The van der Waals surface area contributed by atoms with Gasteiger partial charge in [0.1, 0.15) is 5.56 Å². The zero-order chi connectivity index (χ0) is 20.6. The molecule has 3 aromatic rings. The number of thiophene rings is 1. The summed E-state index contributed by atoms with van der Waals surface area (Å²) in [5, 5.41) is 1.77. The van der Waals surface area contributed by atoms with Crippen molar-refractivity contribution in [3.8, 4) is 5.75 Å². The third-order valence-electron chi connectivity index (χ3n) is 5.06. The molecule has 3 heterocycles. The van der Waals surface area contributed by atoms with Crippen LogP contribution in [0.2, 0.25) is 0 Å². The molecule has 0 saturated carbocycles. The van der Waals surface area contributed by atoms with Crippen LogP contribution in [0.3, 0.4) is 0 Å². The number of fused-ring (bicyclic) bond motifs is 1. The van der Waals surface area contributed by atoms with Crippen LogP contribution in [-0.4, -0.2) is 45.2 Å². The summed E-state index contributed by atoms with van der Waals surface area (Å²) >= 11 is 1.39. The van der Waals surface area contributed by atoms with Crippen molar-refractivity contribution in [3.63, 3.8) is 0 Å². The smallest absolute Gasteiger partial charge is 0.349 e. The molecule has 1 fully saturated rings. The number of methoxy groups -OCH3 is 1. The lowest BCUT2D eigenvalue weighted by molar-refractivity contribution is 0.0762. The Kier molecular flexibility index (Phi) is 5.18. The minimum absolute atomic E-state index is 0.0403. The van der Waals surface area contributed by atoms with Gasteiger partial charge in [-0.25, -0.2) is 13.2 Å². The van der Waals surface area contributed by atoms with Gasteiger partial charge < -0.3 is 14.1 Å². The van der Waals surface area contributed by atoms with Crippen molar-refractivity contribution in [1.29, 1.82) is 0 Å². The number of carbonyl (C=O) groups excluding carboxylic acids is 1. The minimum Gasteiger partial charge on any atom is -0.493 e. The molecule has 1 saturated heterocycles. The number of para-hydroxylation sites is 1. The molecule has 7 nitrogen and oxygen atoms in total. The van der Waals surface area contributed by atoms with Gasteiger partial charge in [-0.3, -0.25) is 4.79 Å². The van der Waals surface area contributed by atoms with Crippen LogP contribution in [0.25, 0.3) is 11.0 Å². The zero-order valence-corrected chi connectivity index (χ0v) is 17.3. The number of amides is 1. The van der Waals surface area contributed by atoms with Crippen LogP contribution in [0.4, 0.5) is 0 Å². The van der Waals surface area contributed by atoms with Crippen molar-refractivity contribution >= 4 is 38.1 Å². The Labute approximate surface area is 171 Å². The van der Waals surface area contributed by atoms with Gasteiger partial charge in [0.25, 0.3) is 5.91 Å². The highest BCUT2D eigenvalue weighted by Gasteiger charge is 2.34. The first-order valence-electron chi connectivity index (χ1n) is 9.06. The standard InChI is InChI=1S/C20H19NO6S2/c1-26-15-5-2-4-13-12-14(20(23)27-18(13)15)19(22)21-8-7-17(16-6-3-10-28-16)29(24,25)11-9-21/h2-6,10,12,17H,7-9,11H2,1H3. The molecule has 9 heteroatoms. The number of benzene rings is 1. The van der Waals surface area contributed by atoms with Crippen molar-refractivity contribution in [2.24, 2.45) is 0 Å². The Morgan fingerprint density at radius 3 is 2.79 bits per heavy atom. The summed E-state index contributed by atoms with van der Waals surface area (Å²) in [5.74, 6) is -0.266. The molecule has 0 aliphatic carbocycles. The topological polar surface area (TPSA) is 93.9 Å². The molecular formula is C20H19NO6S2. The van der Waals surface area contributed by atoms with E-state index < -0.39 is 26.6 Å². The van der Waals surface area contributed by atoms with E-state index in [0.717, 1.165) is 4.88 Å². The number of ether oxygens (including phenoxy) is 1. The summed E-state index contributed by atoms with van der Waals surface area (Å²) in [5.41, 5.74) is -0.612. The molecule has 1 aromatic carbocycles. The van der Waals surface area contributed by atoms with E-state index in [4.69, 9.17) is 9.15 Å². The molecular weight excluding hydrogens is 414 g/mol. The van der Waals surface area contributed by atoms with E-state index in [1.165, 1.54) is 29.4 Å². The first-order valence-corrected chi connectivity index (χ1v) is 11.7. The molecule has 1 unspecified atom stereocenters. The molecule has 1 aliphatic heterocycles. The molecule has 0 spiro atoms. The number of hydrogen-bond donors (Lipinski definition) is 0. The van der Waals surface area contributed by atoms with Gasteiger partial charge in [-0.1, -0.05) is 18.2 Å². The van der Waals surface area contributed by atoms with Gasteiger partial charge in [-0.2, -0.15) is 0 Å². The number of nitrogens with zero attached hydrogens (tertiary/aromatic N) is 1. The Morgan fingerprint density at radius 1 is 1.24 bits per heavy atom. The lowest BCUT2D eigenvalue weighted by atomic mass is 10.1. The highest BCUT2D eigenvalue weighted by Crippen LogP contribution is 2.32. The average Bonchev–Trinajstić information content (AvgIpc) is 3.17. The maximum Gasteiger partial charge on any atom is 0.349 e. The average molecular weight is 434 g/mol. The Hall–Kier alpha value is -2.65. The lowest BCUT2D eigenvalue weighted by Crippen LogP contribution is -2.36. The second-order valence-electron chi connectivity index (χ2n) is 6.78. The van der Waals surface area contributed by atoms with Gasteiger partial charge in [-0.05, 0) is 30.0 Å². The predicted molar refractivity (Wildman–Crippen MR) is 110 cm³/mol. The number of hydrogen-bond acceptors (Lipinski definition) is 7. The number of rotatable bonds is 3. The van der Waals surface area contributed by atoms with Crippen LogP contribution in [0.1, 0.15) is 26.9 Å². The quantitative estimate of drug-likeness (QED) is 0.590. The fourth-order valence-electron chi connectivity index (χ4n) is 3.54. The third kappa shape index (κ3) is 3.67. The lowest BCUT2D eigenvalue weighted by Gasteiger charge is -2.19. The molecule has 1 amide bonds. The van der Waals surface area contributed by atoms with Gasteiger partial charge in [0.15, 0.2) is 21.2 Å². The van der Waals surface area contributed by atoms with E-state index >= 15 is 0 Å². The van der Waals surface area contributed by atoms with E-state index in [-0.39, 0.29) is 30.0 Å². The molecule has 4 rings (SSSR count). The molecule has 2 aromatic heterocycles. The Bertz CT molecular complexity index is 1210. The van der Waals surface area contributed by atoms with Crippen molar-refractivity contribution in [2.45, 2.75) is 11.7 Å². The summed E-state index contributed by atoms with van der Waals surface area (Å²) in [6.45, 7) is 0.287. The predicted octanol–water partition coefficient (Wildman–Crippen LogP) is 2.87. The van der Waals surface area contributed by atoms with Crippen LogP contribution in [0.15, 0.2) is 51.0 Å². The summed E-state index contributed by atoms with van der Waals surface area (Å²) in [4.78, 5) is 27.7. The van der Waals surface area contributed by atoms with Gasteiger partial charge in [-0.15, -0.1) is 11.3 Å². The van der Waals surface area contributed by atoms with E-state index in [2.05, 4.69) is 0 Å². The molecule has 0 N–H and O–H groups in total. The van der Waals surface area contributed by atoms with Crippen LogP contribution >= 0.6 is 11.3 Å². The molecule has 1 atom stereocenters. The van der Waals surface area contributed by atoms with Crippen molar-refractivity contribution < 1.29 is 22.4 Å². The Morgan fingerprint density at radius 2 is 2.07 bits per heavy atom. The first-order chi connectivity index (χ1) is 13.9. The SMILES string of the molecule is COc1cccc2cc(C(=O)N3CCC(c4cccs4)S(=O)(=O)CC3)c(=O)oc12. The first kappa shape index (κ1) is 19.7. The van der Waals surface area contributed by atoms with Crippen molar-refractivity contribution in [2.75, 3.05) is 26.0 Å². The third-order valence-corrected chi connectivity index (χ3v) is 8.31. The maximum absolute atomic E-state index is 13.0. The van der Waals surface area contributed by atoms with E-state index in [9.17, 15) is 18.0 Å². The molecule has 0 radical (unpaired) electrons. The van der Waals surface area contributed by atoms with Crippen LogP contribution < -0.4 is 10.4 Å². The van der Waals surface area contributed by atoms with Crippen LogP contribution in [0.5, 0.6) is 5.75 Å². The van der Waals surface area contributed by atoms with Gasteiger partial charge >= 0.3 is 5.63 Å². The summed E-state index contributed by atoms with van der Waals surface area (Å²) < 4.78 is 35.9. The fraction of sp³-hybridized carbons (Fsp3) is 0.300. The largest absolute Gasteiger partial charge is 0.493 e. The number of sulfone groups is 1. The second-order valence-corrected chi connectivity index (χ2v) is 10.1. The zero-order valence-electron chi connectivity index (χ0n) is 15.7. The Balaban J connectivity index is 1.65. The summed E-state index contributed by atoms with van der Waals surface area (Å²) in [6.07, 6.45) is 0.293. The highest BCUT2D eigenvalue weighted by atomic mass is 32.2. The second kappa shape index (κ2) is 7.64. The fourth-order valence-corrected chi connectivity index (χ4v) is 6.54. The van der Waals surface area contributed by atoms with E-state index in [1.54, 1.807) is 24.3 Å². The monoisotopic (exact) mass is 433 g/mol. The van der Waals surface area contributed by atoms with Gasteiger partial charge in [0.2, 0.25) is 0 Å². The summed E-state index contributed by atoms with van der Waals surface area (Å²) in [7, 11) is -1.92. The molecule has 152 valence electrons. The van der Waals surface area contributed by atoms with Gasteiger partial charge in [0.05, 0.1) is 18.1 Å². The van der Waals surface area contributed by atoms with Crippen molar-refractivity contribution in [1.82, 2.24) is 4.90 Å².